The molecule has 0 saturated carbocycles. The first-order chi connectivity index (χ1) is 13.2. The molecule has 27 heavy (non-hydrogen) atoms. The van der Waals surface area contributed by atoms with Crippen LogP contribution in [-0.2, 0) is 13.2 Å². The number of hydrogen-bond donors (Lipinski definition) is 0. The molecular formula is C23H23FN2O. The fourth-order valence-corrected chi connectivity index (χ4v) is 3.59. The number of halogens is 1. The van der Waals surface area contributed by atoms with Crippen molar-refractivity contribution in [2.24, 2.45) is 0 Å². The maximum Gasteiger partial charge on any atom is 0.123 e. The van der Waals surface area contributed by atoms with Crippen molar-refractivity contribution in [3.8, 4) is 5.75 Å². The summed E-state index contributed by atoms with van der Waals surface area (Å²) in [7, 11) is 0. The summed E-state index contributed by atoms with van der Waals surface area (Å²) in [5, 5.41) is 2.46. The van der Waals surface area contributed by atoms with E-state index in [0.29, 0.717) is 6.61 Å². The Bertz CT molecular complexity index is 1080. The van der Waals surface area contributed by atoms with E-state index in [9.17, 15) is 4.39 Å². The van der Waals surface area contributed by atoms with Crippen molar-refractivity contribution in [3.05, 3.63) is 71.8 Å². The highest BCUT2D eigenvalue weighted by Crippen LogP contribution is 2.33. The molecule has 2 aromatic heterocycles. The molecule has 0 fully saturated rings. The molecule has 4 heteroatoms. The van der Waals surface area contributed by atoms with Crippen LogP contribution in [0.5, 0.6) is 5.75 Å². The third-order valence-corrected chi connectivity index (χ3v) is 4.98. The zero-order valence-corrected chi connectivity index (χ0v) is 15.7. The zero-order chi connectivity index (χ0) is 18.8. The second-order valence-electron chi connectivity index (χ2n) is 6.89. The van der Waals surface area contributed by atoms with Gasteiger partial charge in [0.2, 0.25) is 0 Å². The highest BCUT2D eigenvalue weighted by atomic mass is 19.1. The van der Waals surface area contributed by atoms with Crippen LogP contribution in [0, 0.1) is 12.7 Å². The number of hydrogen-bond acceptors (Lipinski definition) is 2. The Balaban J connectivity index is 1.72. The Morgan fingerprint density at radius 3 is 2.63 bits per heavy atom. The Morgan fingerprint density at radius 2 is 1.85 bits per heavy atom. The summed E-state index contributed by atoms with van der Waals surface area (Å²) >= 11 is 0. The fourth-order valence-electron chi connectivity index (χ4n) is 3.59. The van der Waals surface area contributed by atoms with Gasteiger partial charge < -0.3 is 9.30 Å². The molecule has 2 heterocycles. The van der Waals surface area contributed by atoms with Crippen LogP contribution in [0.2, 0.25) is 0 Å². The van der Waals surface area contributed by atoms with E-state index >= 15 is 0 Å². The maximum absolute atomic E-state index is 13.1. The second kappa shape index (κ2) is 7.39. The lowest BCUT2D eigenvalue weighted by atomic mass is 10.1. The van der Waals surface area contributed by atoms with E-state index in [1.807, 2.05) is 12.3 Å². The number of pyridine rings is 1. The number of aromatic nitrogens is 2. The molecule has 0 N–H and O–H groups in total. The van der Waals surface area contributed by atoms with Crippen molar-refractivity contribution in [1.29, 1.82) is 0 Å². The van der Waals surface area contributed by atoms with Crippen molar-refractivity contribution >= 4 is 21.8 Å². The first-order valence-electron chi connectivity index (χ1n) is 9.42. The van der Waals surface area contributed by atoms with Crippen LogP contribution in [-0.4, -0.2) is 9.55 Å². The average molecular weight is 362 g/mol. The SMILES string of the molecule is CCCCn1c2cc(OCc3ccc(F)cc3)ccc2c2ccnc(C)c21. The Kier molecular flexibility index (Phi) is 4.80. The Labute approximate surface area is 158 Å². The molecule has 0 unspecified atom stereocenters. The highest BCUT2D eigenvalue weighted by molar-refractivity contribution is 6.09. The van der Waals surface area contributed by atoms with Crippen LogP contribution >= 0.6 is 0 Å². The van der Waals surface area contributed by atoms with Gasteiger partial charge in [-0.3, -0.25) is 4.98 Å². The van der Waals surface area contributed by atoms with E-state index < -0.39 is 0 Å². The molecule has 0 bridgehead atoms. The number of rotatable bonds is 6. The summed E-state index contributed by atoms with van der Waals surface area (Å²) in [4.78, 5) is 4.49. The normalized spacial score (nSPS) is 11.4. The molecule has 3 nitrogen and oxygen atoms in total. The molecule has 0 aliphatic carbocycles. The van der Waals surface area contributed by atoms with Gasteiger partial charge in [0, 0.05) is 29.6 Å². The fraction of sp³-hybridized carbons (Fsp3) is 0.261. The summed E-state index contributed by atoms with van der Waals surface area (Å²) in [5.74, 6) is 0.586. The van der Waals surface area contributed by atoms with E-state index in [1.54, 1.807) is 12.1 Å². The van der Waals surface area contributed by atoms with Gasteiger partial charge in [-0.1, -0.05) is 25.5 Å². The Hall–Kier alpha value is -2.88. The van der Waals surface area contributed by atoms with Crippen LogP contribution < -0.4 is 4.74 Å². The third-order valence-electron chi connectivity index (χ3n) is 4.98. The van der Waals surface area contributed by atoms with Gasteiger partial charge in [-0.15, -0.1) is 0 Å². The molecule has 4 rings (SSSR count). The monoisotopic (exact) mass is 362 g/mol. The van der Waals surface area contributed by atoms with Crippen molar-refractivity contribution in [1.82, 2.24) is 9.55 Å². The minimum Gasteiger partial charge on any atom is -0.489 e. The lowest BCUT2D eigenvalue weighted by molar-refractivity contribution is 0.306. The lowest BCUT2D eigenvalue weighted by Crippen LogP contribution is -2.00. The summed E-state index contributed by atoms with van der Waals surface area (Å²) < 4.78 is 21.4. The standard InChI is InChI=1S/C23H23FN2O/c1-3-4-13-26-22-14-19(27-15-17-5-7-18(24)8-6-17)9-10-20(22)21-11-12-25-16(2)23(21)26/h5-12,14H,3-4,13,15H2,1-2H3. The molecular weight excluding hydrogens is 339 g/mol. The number of aryl methyl sites for hydroxylation is 2. The minimum absolute atomic E-state index is 0.232. The molecule has 2 aromatic carbocycles. The maximum atomic E-state index is 13.1. The van der Waals surface area contributed by atoms with E-state index in [2.05, 4.69) is 41.6 Å². The van der Waals surface area contributed by atoms with Gasteiger partial charge in [-0.2, -0.15) is 0 Å². The van der Waals surface area contributed by atoms with Crippen LogP contribution in [0.4, 0.5) is 4.39 Å². The summed E-state index contributed by atoms with van der Waals surface area (Å²) in [5.41, 5.74) is 4.37. The number of fused-ring (bicyclic) bond motifs is 3. The first-order valence-corrected chi connectivity index (χ1v) is 9.42. The van der Waals surface area contributed by atoms with Crippen molar-refractivity contribution < 1.29 is 9.13 Å². The molecule has 138 valence electrons. The molecule has 0 atom stereocenters. The molecule has 0 amide bonds. The summed E-state index contributed by atoms with van der Waals surface area (Å²) in [6, 6.07) is 14.7. The number of benzene rings is 2. The van der Waals surface area contributed by atoms with Crippen LogP contribution in [0.1, 0.15) is 31.0 Å². The Morgan fingerprint density at radius 1 is 1.04 bits per heavy atom. The third kappa shape index (κ3) is 3.39. The van der Waals surface area contributed by atoms with Crippen molar-refractivity contribution in [2.75, 3.05) is 0 Å². The van der Waals surface area contributed by atoms with Crippen LogP contribution in [0.25, 0.3) is 21.8 Å². The first kappa shape index (κ1) is 17.5. The summed E-state index contributed by atoms with van der Waals surface area (Å²) in [6.07, 6.45) is 4.13. The van der Waals surface area contributed by atoms with E-state index in [0.717, 1.165) is 36.4 Å². The molecule has 0 aliphatic heterocycles. The van der Waals surface area contributed by atoms with E-state index in [4.69, 9.17) is 4.74 Å². The van der Waals surface area contributed by atoms with Crippen molar-refractivity contribution in [3.63, 3.8) is 0 Å². The topological polar surface area (TPSA) is 27.1 Å². The predicted octanol–water partition coefficient (Wildman–Crippen LogP) is 6.02. The van der Waals surface area contributed by atoms with Gasteiger partial charge in [-0.25, -0.2) is 4.39 Å². The smallest absolute Gasteiger partial charge is 0.123 e. The molecule has 0 saturated heterocycles. The predicted molar refractivity (Wildman–Crippen MR) is 108 cm³/mol. The average Bonchev–Trinajstić information content (AvgIpc) is 3.00. The minimum atomic E-state index is -0.232. The molecule has 0 radical (unpaired) electrons. The van der Waals surface area contributed by atoms with Gasteiger partial charge >= 0.3 is 0 Å². The van der Waals surface area contributed by atoms with Gasteiger partial charge in [0.1, 0.15) is 18.2 Å². The number of ether oxygens (including phenoxy) is 1. The summed E-state index contributed by atoms with van der Waals surface area (Å²) in [6.45, 7) is 5.65. The van der Waals surface area contributed by atoms with Gasteiger partial charge in [0.05, 0.1) is 16.7 Å². The quantitative estimate of drug-likeness (QED) is 0.419. The van der Waals surface area contributed by atoms with Crippen LogP contribution in [0.15, 0.2) is 54.7 Å². The molecule has 0 aliphatic rings. The van der Waals surface area contributed by atoms with Crippen LogP contribution in [0.3, 0.4) is 0 Å². The number of nitrogens with zero attached hydrogens (tertiary/aromatic N) is 2. The molecule has 4 aromatic rings. The van der Waals surface area contributed by atoms with Crippen molar-refractivity contribution in [2.45, 2.75) is 39.8 Å². The highest BCUT2D eigenvalue weighted by Gasteiger charge is 2.13. The second-order valence-corrected chi connectivity index (χ2v) is 6.89. The van der Waals surface area contributed by atoms with E-state index in [-0.39, 0.29) is 5.82 Å². The largest absolute Gasteiger partial charge is 0.489 e. The van der Waals surface area contributed by atoms with Gasteiger partial charge in [0.15, 0.2) is 0 Å². The molecule has 0 spiro atoms. The van der Waals surface area contributed by atoms with Gasteiger partial charge in [0.25, 0.3) is 0 Å². The zero-order valence-electron chi connectivity index (χ0n) is 15.7. The van der Waals surface area contributed by atoms with Gasteiger partial charge in [-0.05, 0) is 49.2 Å². The lowest BCUT2D eigenvalue weighted by Gasteiger charge is -2.10. The number of unbranched alkanes of at least 4 members (excludes halogenated alkanes) is 1. The van der Waals surface area contributed by atoms with E-state index in [1.165, 1.54) is 33.9 Å².